The van der Waals surface area contributed by atoms with E-state index in [1.165, 1.54) is 0 Å². The van der Waals surface area contributed by atoms with E-state index in [2.05, 4.69) is 15.6 Å². The van der Waals surface area contributed by atoms with Gasteiger partial charge in [0.1, 0.15) is 0 Å². The lowest BCUT2D eigenvalue weighted by Crippen LogP contribution is -2.42. The van der Waals surface area contributed by atoms with Crippen LogP contribution in [0.3, 0.4) is 0 Å². The standard InChI is InChI=1S/C9H14N4O/c1-13-5-4-10-9(13)12-7-2-3-8(14)11-6-7/h4-5,7H,2-3,6H2,1H3,(H,10,12)(H,11,14). The Morgan fingerprint density at radius 3 is 3.14 bits per heavy atom. The molecular weight excluding hydrogens is 180 g/mol. The highest BCUT2D eigenvalue weighted by Gasteiger charge is 2.18. The monoisotopic (exact) mass is 194 g/mol. The smallest absolute Gasteiger partial charge is 0.220 e. The minimum absolute atomic E-state index is 0.142. The van der Waals surface area contributed by atoms with Gasteiger partial charge in [0, 0.05) is 38.4 Å². The molecule has 2 N–H and O–H groups in total. The van der Waals surface area contributed by atoms with Gasteiger partial charge in [-0.2, -0.15) is 0 Å². The number of aryl methyl sites for hydroxylation is 1. The third kappa shape index (κ3) is 1.86. The second-order valence-corrected chi connectivity index (χ2v) is 3.55. The van der Waals surface area contributed by atoms with Gasteiger partial charge in [0.2, 0.25) is 11.9 Å². The minimum atomic E-state index is 0.142. The van der Waals surface area contributed by atoms with E-state index in [0.29, 0.717) is 19.0 Å². The number of aromatic nitrogens is 2. The largest absolute Gasteiger partial charge is 0.354 e. The Balaban J connectivity index is 1.92. The van der Waals surface area contributed by atoms with Crippen LogP contribution in [-0.2, 0) is 11.8 Å². The summed E-state index contributed by atoms with van der Waals surface area (Å²) in [6, 6.07) is 0.300. The number of rotatable bonds is 2. The Bertz CT molecular complexity index is 323. The van der Waals surface area contributed by atoms with Gasteiger partial charge in [0.15, 0.2) is 0 Å². The molecule has 0 aromatic carbocycles. The summed E-state index contributed by atoms with van der Waals surface area (Å²) in [4.78, 5) is 15.1. The van der Waals surface area contributed by atoms with Crippen LogP contribution in [-0.4, -0.2) is 28.0 Å². The minimum Gasteiger partial charge on any atom is -0.354 e. The molecule has 1 amide bonds. The van der Waals surface area contributed by atoms with Crippen molar-refractivity contribution in [1.82, 2.24) is 14.9 Å². The Hall–Kier alpha value is -1.52. The Labute approximate surface area is 82.5 Å². The molecule has 2 rings (SSSR count). The number of nitrogens with one attached hydrogen (secondary N) is 2. The Morgan fingerprint density at radius 1 is 1.71 bits per heavy atom. The first-order chi connectivity index (χ1) is 6.75. The highest BCUT2D eigenvalue weighted by atomic mass is 16.1. The summed E-state index contributed by atoms with van der Waals surface area (Å²) in [6.45, 7) is 0.686. The van der Waals surface area contributed by atoms with E-state index in [9.17, 15) is 4.79 Å². The molecular formula is C9H14N4O. The van der Waals surface area contributed by atoms with E-state index in [0.717, 1.165) is 12.4 Å². The fourth-order valence-electron chi connectivity index (χ4n) is 1.54. The quantitative estimate of drug-likeness (QED) is 0.702. The highest BCUT2D eigenvalue weighted by molar-refractivity contribution is 5.76. The molecule has 1 fully saturated rings. The van der Waals surface area contributed by atoms with Crippen LogP contribution < -0.4 is 10.6 Å². The summed E-state index contributed by atoms with van der Waals surface area (Å²) < 4.78 is 1.93. The number of anilines is 1. The van der Waals surface area contributed by atoms with Crippen LogP contribution in [0.1, 0.15) is 12.8 Å². The number of carbonyl (C=O) groups excluding carboxylic acids is 1. The van der Waals surface area contributed by atoms with Crippen molar-refractivity contribution in [2.75, 3.05) is 11.9 Å². The summed E-state index contributed by atoms with van der Waals surface area (Å²) in [5, 5.41) is 6.11. The average molecular weight is 194 g/mol. The molecule has 1 unspecified atom stereocenters. The van der Waals surface area contributed by atoms with Crippen molar-refractivity contribution in [2.24, 2.45) is 7.05 Å². The van der Waals surface area contributed by atoms with Crippen LogP contribution in [0.25, 0.3) is 0 Å². The second-order valence-electron chi connectivity index (χ2n) is 3.55. The summed E-state index contributed by atoms with van der Waals surface area (Å²) in [5.74, 6) is 0.994. The fraction of sp³-hybridized carbons (Fsp3) is 0.556. The predicted molar refractivity (Wildman–Crippen MR) is 52.9 cm³/mol. The van der Waals surface area contributed by atoms with Crippen LogP contribution in [0.2, 0.25) is 0 Å². The molecule has 0 aliphatic carbocycles. The SMILES string of the molecule is Cn1ccnc1NC1CCC(=O)NC1. The normalized spacial score (nSPS) is 21.8. The number of hydrogen-bond donors (Lipinski definition) is 2. The molecule has 1 atom stereocenters. The first kappa shape index (κ1) is 9.05. The molecule has 0 bridgehead atoms. The van der Waals surface area contributed by atoms with Gasteiger partial charge in [-0.3, -0.25) is 4.79 Å². The van der Waals surface area contributed by atoms with Crippen molar-refractivity contribution in [2.45, 2.75) is 18.9 Å². The van der Waals surface area contributed by atoms with E-state index in [1.807, 2.05) is 17.8 Å². The van der Waals surface area contributed by atoms with Crippen molar-refractivity contribution in [3.8, 4) is 0 Å². The molecule has 2 heterocycles. The molecule has 1 aliphatic heterocycles. The van der Waals surface area contributed by atoms with Crippen molar-refractivity contribution in [3.63, 3.8) is 0 Å². The maximum absolute atomic E-state index is 10.9. The Morgan fingerprint density at radius 2 is 2.57 bits per heavy atom. The van der Waals surface area contributed by atoms with Crippen LogP contribution in [0.4, 0.5) is 5.95 Å². The van der Waals surface area contributed by atoms with Crippen LogP contribution >= 0.6 is 0 Å². The van der Waals surface area contributed by atoms with Gasteiger partial charge >= 0.3 is 0 Å². The fourth-order valence-corrected chi connectivity index (χ4v) is 1.54. The van der Waals surface area contributed by atoms with Gasteiger partial charge in [-0.15, -0.1) is 0 Å². The van der Waals surface area contributed by atoms with E-state index in [-0.39, 0.29) is 5.91 Å². The number of amides is 1. The number of hydrogen-bond acceptors (Lipinski definition) is 3. The molecule has 14 heavy (non-hydrogen) atoms. The molecule has 1 saturated heterocycles. The number of imidazole rings is 1. The van der Waals surface area contributed by atoms with Crippen molar-refractivity contribution in [1.29, 1.82) is 0 Å². The van der Waals surface area contributed by atoms with Gasteiger partial charge in [-0.05, 0) is 6.42 Å². The maximum Gasteiger partial charge on any atom is 0.220 e. The van der Waals surface area contributed by atoms with E-state index < -0.39 is 0 Å². The van der Waals surface area contributed by atoms with Gasteiger partial charge in [0.25, 0.3) is 0 Å². The van der Waals surface area contributed by atoms with Gasteiger partial charge in [0.05, 0.1) is 0 Å². The maximum atomic E-state index is 10.9. The molecule has 0 radical (unpaired) electrons. The molecule has 5 nitrogen and oxygen atoms in total. The number of carbonyl (C=O) groups is 1. The zero-order valence-electron chi connectivity index (χ0n) is 8.16. The van der Waals surface area contributed by atoms with Crippen molar-refractivity contribution < 1.29 is 4.79 Å². The number of piperidine rings is 1. The average Bonchev–Trinajstić information content (AvgIpc) is 2.56. The third-order valence-corrected chi connectivity index (χ3v) is 2.42. The zero-order chi connectivity index (χ0) is 9.97. The lowest BCUT2D eigenvalue weighted by Gasteiger charge is -2.23. The molecule has 0 saturated carbocycles. The van der Waals surface area contributed by atoms with Crippen molar-refractivity contribution in [3.05, 3.63) is 12.4 Å². The molecule has 76 valence electrons. The lowest BCUT2D eigenvalue weighted by atomic mass is 10.1. The third-order valence-electron chi connectivity index (χ3n) is 2.42. The van der Waals surface area contributed by atoms with Crippen LogP contribution in [0, 0.1) is 0 Å². The summed E-state index contributed by atoms with van der Waals surface area (Å²) >= 11 is 0. The van der Waals surface area contributed by atoms with Crippen LogP contribution in [0.5, 0.6) is 0 Å². The van der Waals surface area contributed by atoms with E-state index in [4.69, 9.17) is 0 Å². The molecule has 1 aromatic heterocycles. The summed E-state index contributed by atoms with van der Waals surface area (Å²) in [5.41, 5.74) is 0. The first-order valence-electron chi connectivity index (χ1n) is 4.76. The Kier molecular flexibility index (Phi) is 2.39. The molecule has 0 spiro atoms. The van der Waals surface area contributed by atoms with Crippen LogP contribution in [0.15, 0.2) is 12.4 Å². The lowest BCUT2D eigenvalue weighted by molar-refractivity contribution is -0.122. The topological polar surface area (TPSA) is 59.0 Å². The van der Waals surface area contributed by atoms with Gasteiger partial charge in [-0.25, -0.2) is 4.98 Å². The van der Waals surface area contributed by atoms with Gasteiger partial charge < -0.3 is 15.2 Å². The summed E-state index contributed by atoms with van der Waals surface area (Å²) in [6.07, 6.45) is 5.12. The second kappa shape index (κ2) is 3.69. The predicted octanol–water partition coefficient (Wildman–Crippen LogP) is 0.111. The van der Waals surface area contributed by atoms with Crippen molar-refractivity contribution >= 4 is 11.9 Å². The molecule has 1 aromatic rings. The number of nitrogens with zero attached hydrogens (tertiary/aromatic N) is 2. The highest BCUT2D eigenvalue weighted by Crippen LogP contribution is 2.09. The zero-order valence-corrected chi connectivity index (χ0v) is 8.16. The molecule has 1 aliphatic rings. The molecule has 5 heteroatoms. The summed E-state index contributed by atoms with van der Waals surface area (Å²) in [7, 11) is 1.94. The van der Waals surface area contributed by atoms with Gasteiger partial charge in [-0.1, -0.05) is 0 Å². The first-order valence-corrected chi connectivity index (χ1v) is 4.76. The van der Waals surface area contributed by atoms with E-state index >= 15 is 0 Å². The van der Waals surface area contributed by atoms with E-state index in [1.54, 1.807) is 6.20 Å².